The van der Waals surface area contributed by atoms with Crippen LogP contribution in [-0.4, -0.2) is 25.1 Å². The number of rotatable bonds is 3. The lowest BCUT2D eigenvalue weighted by Gasteiger charge is -2.32. The summed E-state index contributed by atoms with van der Waals surface area (Å²) in [6, 6.07) is 11.8. The summed E-state index contributed by atoms with van der Waals surface area (Å²) < 4.78 is 11.1. The Kier molecular flexibility index (Phi) is 4.02. The Morgan fingerprint density at radius 1 is 1.04 bits per heavy atom. The summed E-state index contributed by atoms with van der Waals surface area (Å²) in [5.74, 6) is 1.26. The van der Waals surface area contributed by atoms with Gasteiger partial charge in [0.2, 0.25) is 0 Å². The first-order valence-corrected chi connectivity index (χ1v) is 9.16. The first-order chi connectivity index (χ1) is 12.9. The Labute approximate surface area is 159 Å². The van der Waals surface area contributed by atoms with Crippen LogP contribution in [0.1, 0.15) is 43.7 Å². The van der Waals surface area contributed by atoms with Crippen LogP contribution in [-0.2, 0) is 4.79 Å². The molecule has 0 bridgehead atoms. The van der Waals surface area contributed by atoms with Crippen LogP contribution in [0.25, 0.3) is 11.1 Å². The fraction of sp³-hybridized carbons (Fsp3) is 0.348. The number of hydrogen-bond acceptors (Lipinski definition) is 4. The van der Waals surface area contributed by atoms with E-state index in [4.69, 9.17) is 9.47 Å². The molecule has 0 amide bonds. The molecule has 2 aliphatic rings. The van der Waals surface area contributed by atoms with Crippen LogP contribution in [0.3, 0.4) is 0 Å². The molecule has 0 heterocycles. The molecule has 0 saturated carbocycles. The van der Waals surface area contributed by atoms with Gasteiger partial charge in [0.25, 0.3) is 0 Å². The fourth-order valence-corrected chi connectivity index (χ4v) is 4.49. The minimum atomic E-state index is -0.319. The van der Waals surface area contributed by atoms with Crippen molar-refractivity contribution in [2.24, 2.45) is 5.41 Å². The second-order valence-corrected chi connectivity index (χ2v) is 8.11. The van der Waals surface area contributed by atoms with Crippen molar-refractivity contribution in [3.05, 3.63) is 58.9 Å². The van der Waals surface area contributed by atoms with Crippen LogP contribution in [0.4, 0.5) is 0 Å². The topological polar surface area (TPSA) is 55.8 Å². The highest BCUT2D eigenvalue weighted by atomic mass is 16.5. The van der Waals surface area contributed by atoms with Gasteiger partial charge >= 0.3 is 0 Å². The van der Waals surface area contributed by atoms with E-state index in [-0.39, 0.29) is 22.9 Å². The number of allylic oxidation sites excluding steroid dienone is 2. The molecule has 0 saturated heterocycles. The van der Waals surface area contributed by atoms with Crippen LogP contribution in [0.15, 0.2) is 47.7 Å². The molecule has 140 valence electrons. The predicted molar refractivity (Wildman–Crippen MR) is 105 cm³/mol. The largest absolute Gasteiger partial charge is 0.512 e. The first-order valence-electron chi connectivity index (χ1n) is 9.16. The summed E-state index contributed by atoms with van der Waals surface area (Å²) in [7, 11) is 3.25. The molecule has 4 heteroatoms. The second-order valence-electron chi connectivity index (χ2n) is 8.11. The van der Waals surface area contributed by atoms with Gasteiger partial charge in [-0.3, -0.25) is 4.79 Å². The van der Waals surface area contributed by atoms with Gasteiger partial charge in [-0.25, -0.2) is 0 Å². The zero-order chi connectivity index (χ0) is 19.3. The van der Waals surface area contributed by atoms with Crippen LogP contribution in [0.2, 0.25) is 0 Å². The second kappa shape index (κ2) is 6.15. The SMILES string of the molecule is COc1cc(OC)c2c(c1)-c1ccccc1C2C1=C(O)CC(C)(C)CC1=O. The summed E-state index contributed by atoms with van der Waals surface area (Å²) in [6.45, 7) is 4.03. The lowest BCUT2D eigenvalue weighted by molar-refractivity contribution is -0.118. The Hall–Kier alpha value is -2.75. The van der Waals surface area contributed by atoms with Gasteiger partial charge in [0.15, 0.2) is 5.78 Å². The molecule has 1 unspecified atom stereocenters. The van der Waals surface area contributed by atoms with E-state index in [0.29, 0.717) is 29.9 Å². The van der Waals surface area contributed by atoms with Gasteiger partial charge in [-0.15, -0.1) is 0 Å². The van der Waals surface area contributed by atoms with Crippen molar-refractivity contribution in [1.82, 2.24) is 0 Å². The molecular weight excluding hydrogens is 340 g/mol. The average molecular weight is 364 g/mol. The van der Waals surface area contributed by atoms with E-state index in [0.717, 1.165) is 22.3 Å². The first kappa shape index (κ1) is 17.7. The number of ether oxygens (including phenoxy) is 2. The predicted octanol–water partition coefficient (Wildman–Crippen LogP) is 5.02. The van der Waals surface area contributed by atoms with Gasteiger partial charge in [0, 0.05) is 36.0 Å². The maximum absolute atomic E-state index is 13.1. The molecule has 2 aliphatic carbocycles. The van der Waals surface area contributed by atoms with E-state index in [2.05, 4.69) is 0 Å². The molecule has 0 aliphatic heterocycles. The van der Waals surface area contributed by atoms with E-state index in [1.165, 1.54) is 0 Å². The number of fused-ring (bicyclic) bond motifs is 3. The smallest absolute Gasteiger partial charge is 0.163 e. The normalized spacial score (nSPS) is 20.3. The van der Waals surface area contributed by atoms with Crippen molar-refractivity contribution < 1.29 is 19.4 Å². The number of carbonyl (C=O) groups is 1. The molecule has 0 radical (unpaired) electrons. The molecular formula is C23H24O4. The molecule has 2 aromatic rings. The number of Topliss-reactive ketones (excluding diaryl/α,β-unsaturated/α-hetero) is 1. The average Bonchev–Trinajstić information content (AvgIpc) is 2.94. The molecule has 4 nitrogen and oxygen atoms in total. The third-order valence-electron chi connectivity index (χ3n) is 5.61. The fourth-order valence-electron chi connectivity index (χ4n) is 4.49. The quantitative estimate of drug-likeness (QED) is 0.831. The Morgan fingerprint density at radius 3 is 2.44 bits per heavy atom. The number of benzene rings is 2. The number of hydrogen-bond donors (Lipinski definition) is 1. The summed E-state index contributed by atoms with van der Waals surface area (Å²) in [6.07, 6.45) is 0.930. The Morgan fingerprint density at radius 2 is 1.78 bits per heavy atom. The summed E-state index contributed by atoms with van der Waals surface area (Å²) in [5.41, 5.74) is 4.26. The van der Waals surface area contributed by atoms with E-state index < -0.39 is 0 Å². The number of methoxy groups -OCH3 is 2. The molecule has 0 aromatic heterocycles. The van der Waals surface area contributed by atoms with Crippen LogP contribution >= 0.6 is 0 Å². The minimum Gasteiger partial charge on any atom is -0.512 e. The number of aliphatic hydroxyl groups excluding tert-OH is 1. The summed E-state index contributed by atoms with van der Waals surface area (Å²) in [4.78, 5) is 13.1. The molecule has 2 aromatic carbocycles. The zero-order valence-electron chi connectivity index (χ0n) is 16.1. The third-order valence-corrected chi connectivity index (χ3v) is 5.61. The standard InChI is InChI=1S/C23H24O4/c1-23(2)11-17(24)22(18(25)12-23)21-15-8-6-5-7-14(15)16-9-13(26-3)10-19(27-4)20(16)21/h5-10,21,24H,11-12H2,1-4H3. The van der Waals surface area contributed by atoms with Crippen molar-refractivity contribution in [2.45, 2.75) is 32.6 Å². The highest BCUT2D eigenvalue weighted by Gasteiger charge is 2.42. The van der Waals surface area contributed by atoms with E-state index in [9.17, 15) is 9.90 Å². The van der Waals surface area contributed by atoms with E-state index >= 15 is 0 Å². The minimum absolute atomic E-state index is 0.00859. The van der Waals surface area contributed by atoms with Crippen molar-refractivity contribution >= 4 is 5.78 Å². The summed E-state index contributed by atoms with van der Waals surface area (Å²) in [5, 5.41) is 10.8. The van der Waals surface area contributed by atoms with Crippen LogP contribution in [0.5, 0.6) is 11.5 Å². The van der Waals surface area contributed by atoms with Gasteiger partial charge in [0.05, 0.1) is 14.2 Å². The van der Waals surface area contributed by atoms with Crippen molar-refractivity contribution in [2.75, 3.05) is 14.2 Å². The highest BCUT2D eigenvalue weighted by molar-refractivity contribution is 6.02. The zero-order valence-corrected chi connectivity index (χ0v) is 16.1. The van der Waals surface area contributed by atoms with Crippen molar-refractivity contribution in [3.63, 3.8) is 0 Å². The van der Waals surface area contributed by atoms with Crippen LogP contribution in [0, 0.1) is 5.41 Å². The van der Waals surface area contributed by atoms with E-state index in [1.807, 2.05) is 50.2 Å². The Bertz CT molecular complexity index is 968. The molecule has 27 heavy (non-hydrogen) atoms. The van der Waals surface area contributed by atoms with Gasteiger partial charge in [-0.2, -0.15) is 0 Å². The monoisotopic (exact) mass is 364 g/mol. The lowest BCUT2D eigenvalue weighted by atomic mass is 9.72. The van der Waals surface area contributed by atoms with Gasteiger partial charge in [0.1, 0.15) is 17.3 Å². The van der Waals surface area contributed by atoms with Gasteiger partial charge in [-0.05, 0) is 28.2 Å². The number of carbonyl (C=O) groups excluding carboxylic acids is 1. The van der Waals surface area contributed by atoms with Crippen LogP contribution < -0.4 is 9.47 Å². The molecule has 0 fully saturated rings. The van der Waals surface area contributed by atoms with E-state index in [1.54, 1.807) is 14.2 Å². The maximum Gasteiger partial charge on any atom is 0.163 e. The molecule has 1 atom stereocenters. The van der Waals surface area contributed by atoms with Gasteiger partial charge < -0.3 is 14.6 Å². The van der Waals surface area contributed by atoms with Crippen molar-refractivity contribution in [3.8, 4) is 22.6 Å². The third kappa shape index (κ3) is 2.71. The molecule has 0 spiro atoms. The maximum atomic E-state index is 13.1. The van der Waals surface area contributed by atoms with Crippen molar-refractivity contribution in [1.29, 1.82) is 0 Å². The van der Waals surface area contributed by atoms with Gasteiger partial charge in [-0.1, -0.05) is 38.1 Å². The lowest BCUT2D eigenvalue weighted by Crippen LogP contribution is -2.28. The number of aliphatic hydroxyl groups is 1. The Balaban J connectivity index is 2.00. The summed E-state index contributed by atoms with van der Waals surface area (Å²) >= 11 is 0. The molecule has 1 N–H and O–H groups in total. The highest BCUT2D eigenvalue weighted by Crippen LogP contribution is 2.55. The molecule has 4 rings (SSSR count). The number of ketones is 1.